The summed E-state index contributed by atoms with van der Waals surface area (Å²) in [5.41, 5.74) is 2.34. The van der Waals surface area contributed by atoms with E-state index in [1.165, 1.54) is 5.56 Å². The molecule has 1 heterocycles. The molecule has 96 valence electrons. The lowest BCUT2D eigenvalue weighted by Crippen LogP contribution is -1.97. The Kier molecular flexibility index (Phi) is 4.30. The number of aryl methyl sites for hydroxylation is 1. The summed E-state index contributed by atoms with van der Waals surface area (Å²) >= 11 is 5.42. The van der Waals surface area contributed by atoms with E-state index in [1.54, 1.807) is 25.6 Å². The van der Waals surface area contributed by atoms with Gasteiger partial charge in [0.2, 0.25) is 0 Å². The first-order valence-electron chi connectivity index (χ1n) is 5.57. The maximum Gasteiger partial charge on any atom is 0.134 e. The molecular weight excluding hydrogens is 312 g/mol. The zero-order valence-corrected chi connectivity index (χ0v) is 13.0. The molecule has 0 saturated heterocycles. The first kappa shape index (κ1) is 13.4. The number of alkyl halides is 1. The van der Waals surface area contributed by atoms with Crippen molar-refractivity contribution in [2.24, 2.45) is 0 Å². The van der Waals surface area contributed by atoms with Gasteiger partial charge in [0.15, 0.2) is 0 Å². The molecule has 0 amide bonds. The number of ether oxygens (including phenoxy) is 2. The molecule has 0 aliphatic rings. The van der Waals surface area contributed by atoms with Crippen LogP contribution in [0.25, 0.3) is 0 Å². The van der Waals surface area contributed by atoms with Gasteiger partial charge in [-0.25, -0.2) is 0 Å². The average molecular weight is 327 g/mol. The maximum atomic E-state index is 5.43. The Labute approximate surface area is 120 Å². The largest absolute Gasteiger partial charge is 0.496 e. The summed E-state index contributed by atoms with van der Waals surface area (Å²) in [5.74, 6) is 1.79. The zero-order chi connectivity index (χ0) is 13.1. The van der Waals surface area contributed by atoms with E-state index >= 15 is 0 Å². The van der Waals surface area contributed by atoms with Crippen LogP contribution in [0.15, 0.2) is 29.6 Å². The normalized spacial score (nSPS) is 12.2. The second-order valence-electron chi connectivity index (χ2n) is 3.96. The molecule has 0 aliphatic heterocycles. The SMILES string of the molecule is COc1ccc(C)cc1C(Br)c1sccc1OC. The molecule has 2 rings (SSSR count). The van der Waals surface area contributed by atoms with E-state index in [4.69, 9.17) is 9.47 Å². The molecule has 1 aromatic carbocycles. The fourth-order valence-corrected chi connectivity index (χ4v) is 3.62. The lowest BCUT2D eigenvalue weighted by atomic mass is 10.1. The van der Waals surface area contributed by atoms with Crippen LogP contribution in [-0.4, -0.2) is 14.2 Å². The number of benzene rings is 1. The molecule has 4 heteroatoms. The predicted molar refractivity (Wildman–Crippen MR) is 79.4 cm³/mol. The Morgan fingerprint density at radius 3 is 2.50 bits per heavy atom. The second kappa shape index (κ2) is 5.76. The van der Waals surface area contributed by atoms with Gasteiger partial charge in [-0.1, -0.05) is 33.6 Å². The standard InChI is InChI=1S/C14H15BrO2S/c1-9-4-5-11(16-2)10(8-9)13(15)14-12(17-3)6-7-18-14/h4-8,13H,1-3H3. The minimum Gasteiger partial charge on any atom is -0.496 e. The van der Waals surface area contributed by atoms with E-state index in [2.05, 4.69) is 28.9 Å². The highest BCUT2D eigenvalue weighted by molar-refractivity contribution is 9.09. The van der Waals surface area contributed by atoms with Gasteiger partial charge in [-0.05, 0) is 24.4 Å². The van der Waals surface area contributed by atoms with Gasteiger partial charge >= 0.3 is 0 Å². The van der Waals surface area contributed by atoms with Crippen LogP contribution in [0.1, 0.15) is 20.8 Å². The maximum absolute atomic E-state index is 5.43. The summed E-state index contributed by atoms with van der Waals surface area (Å²) < 4.78 is 10.8. The number of halogens is 1. The third-order valence-electron chi connectivity index (χ3n) is 2.77. The molecule has 0 bridgehead atoms. The van der Waals surface area contributed by atoms with Gasteiger partial charge in [-0.3, -0.25) is 0 Å². The summed E-state index contributed by atoms with van der Waals surface area (Å²) in [5, 5.41) is 2.03. The van der Waals surface area contributed by atoms with Gasteiger partial charge < -0.3 is 9.47 Å². The van der Waals surface area contributed by atoms with Crippen molar-refractivity contribution in [2.75, 3.05) is 14.2 Å². The zero-order valence-electron chi connectivity index (χ0n) is 10.6. The third kappa shape index (κ3) is 2.54. The summed E-state index contributed by atoms with van der Waals surface area (Å²) in [6.45, 7) is 2.08. The van der Waals surface area contributed by atoms with Crippen LogP contribution in [0, 0.1) is 6.92 Å². The Hall–Kier alpha value is -1.00. The molecule has 1 atom stereocenters. The number of hydrogen-bond donors (Lipinski definition) is 0. The van der Waals surface area contributed by atoms with Gasteiger partial charge in [0, 0.05) is 5.56 Å². The van der Waals surface area contributed by atoms with Crippen molar-refractivity contribution in [1.82, 2.24) is 0 Å². The first-order chi connectivity index (χ1) is 8.67. The van der Waals surface area contributed by atoms with E-state index in [9.17, 15) is 0 Å². The highest BCUT2D eigenvalue weighted by Crippen LogP contribution is 2.43. The topological polar surface area (TPSA) is 18.5 Å². The average Bonchev–Trinajstić information content (AvgIpc) is 2.86. The molecule has 0 N–H and O–H groups in total. The Morgan fingerprint density at radius 2 is 1.83 bits per heavy atom. The monoisotopic (exact) mass is 326 g/mol. The van der Waals surface area contributed by atoms with Crippen LogP contribution >= 0.6 is 27.3 Å². The highest BCUT2D eigenvalue weighted by Gasteiger charge is 2.20. The Bertz CT molecular complexity index is 536. The number of rotatable bonds is 4. The molecule has 1 aromatic heterocycles. The number of thiophene rings is 1. The molecular formula is C14H15BrO2S. The molecule has 0 saturated carbocycles. The fourth-order valence-electron chi connectivity index (χ4n) is 1.86. The molecule has 0 fully saturated rings. The van der Waals surface area contributed by atoms with Crippen molar-refractivity contribution in [3.8, 4) is 11.5 Å². The minimum absolute atomic E-state index is 0.0855. The van der Waals surface area contributed by atoms with Crippen LogP contribution in [0.3, 0.4) is 0 Å². The predicted octanol–water partition coefficient (Wildman–Crippen LogP) is 4.56. The van der Waals surface area contributed by atoms with Crippen LogP contribution < -0.4 is 9.47 Å². The van der Waals surface area contributed by atoms with Crippen molar-refractivity contribution >= 4 is 27.3 Å². The van der Waals surface area contributed by atoms with Crippen LogP contribution in [-0.2, 0) is 0 Å². The smallest absolute Gasteiger partial charge is 0.134 e. The molecule has 0 aliphatic carbocycles. The summed E-state index contributed by atoms with van der Waals surface area (Å²) in [6, 6.07) is 8.17. The summed E-state index contributed by atoms with van der Waals surface area (Å²) in [7, 11) is 3.39. The van der Waals surface area contributed by atoms with E-state index in [-0.39, 0.29) is 4.83 Å². The lowest BCUT2D eigenvalue weighted by molar-refractivity contribution is 0.406. The van der Waals surface area contributed by atoms with Crippen LogP contribution in [0.2, 0.25) is 0 Å². The lowest BCUT2D eigenvalue weighted by Gasteiger charge is -2.15. The van der Waals surface area contributed by atoms with Crippen molar-refractivity contribution in [2.45, 2.75) is 11.8 Å². The summed E-state index contributed by atoms with van der Waals surface area (Å²) in [6.07, 6.45) is 0. The molecule has 1 unspecified atom stereocenters. The van der Waals surface area contributed by atoms with Gasteiger partial charge in [0.25, 0.3) is 0 Å². The van der Waals surface area contributed by atoms with Crippen LogP contribution in [0.4, 0.5) is 0 Å². The van der Waals surface area contributed by atoms with E-state index in [1.807, 2.05) is 23.6 Å². The van der Waals surface area contributed by atoms with Crippen molar-refractivity contribution in [3.63, 3.8) is 0 Å². The van der Waals surface area contributed by atoms with Crippen molar-refractivity contribution in [1.29, 1.82) is 0 Å². The molecule has 18 heavy (non-hydrogen) atoms. The Morgan fingerprint density at radius 1 is 1.11 bits per heavy atom. The molecule has 0 radical (unpaired) electrons. The van der Waals surface area contributed by atoms with Gasteiger partial charge in [-0.15, -0.1) is 11.3 Å². The first-order valence-corrected chi connectivity index (χ1v) is 7.37. The second-order valence-corrected chi connectivity index (χ2v) is 5.82. The van der Waals surface area contributed by atoms with E-state index in [0.29, 0.717) is 0 Å². The Balaban J connectivity index is 2.45. The van der Waals surface area contributed by atoms with Gasteiger partial charge in [0.1, 0.15) is 11.5 Å². The van der Waals surface area contributed by atoms with Gasteiger partial charge in [0.05, 0.1) is 23.9 Å². The van der Waals surface area contributed by atoms with Gasteiger partial charge in [-0.2, -0.15) is 0 Å². The highest BCUT2D eigenvalue weighted by atomic mass is 79.9. The van der Waals surface area contributed by atoms with Crippen molar-refractivity contribution < 1.29 is 9.47 Å². The van der Waals surface area contributed by atoms with E-state index < -0.39 is 0 Å². The summed E-state index contributed by atoms with van der Waals surface area (Å²) in [4.78, 5) is 1.24. The minimum atomic E-state index is 0.0855. The quantitative estimate of drug-likeness (QED) is 0.767. The number of methoxy groups -OCH3 is 2. The molecule has 2 aromatic rings. The fraction of sp³-hybridized carbons (Fsp3) is 0.286. The van der Waals surface area contributed by atoms with E-state index in [0.717, 1.165) is 21.9 Å². The van der Waals surface area contributed by atoms with Crippen LogP contribution in [0.5, 0.6) is 11.5 Å². The molecule has 0 spiro atoms. The number of hydrogen-bond acceptors (Lipinski definition) is 3. The van der Waals surface area contributed by atoms with Crippen molar-refractivity contribution in [3.05, 3.63) is 45.6 Å². The third-order valence-corrected chi connectivity index (χ3v) is 4.98. The molecule has 2 nitrogen and oxygen atoms in total.